The summed E-state index contributed by atoms with van der Waals surface area (Å²) >= 11 is 0. The average Bonchev–Trinajstić information content (AvgIpc) is 2.45. The second kappa shape index (κ2) is 8.30. The standard InChI is InChI=1S/C14H15N3O3S.K/c1-17(2)13-7-3-11(4-8-13)15-16-12-5-9-14(10-6-12)21(18,19)20;/h3-10H,1-2H3,(H,18,19,20);/q;+1. The van der Waals surface area contributed by atoms with Crippen molar-refractivity contribution in [2.75, 3.05) is 19.0 Å². The van der Waals surface area contributed by atoms with Crippen molar-refractivity contribution in [2.24, 2.45) is 10.2 Å². The fourth-order valence-corrected chi connectivity index (χ4v) is 2.10. The molecule has 0 bridgehead atoms. The normalized spacial score (nSPS) is 11.2. The van der Waals surface area contributed by atoms with Crippen molar-refractivity contribution in [3.05, 3.63) is 48.5 Å². The van der Waals surface area contributed by atoms with E-state index >= 15 is 0 Å². The zero-order chi connectivity index (χ0) is 15.5. The van der Waals surface area contributed by atoms with Gasteiger partial charge < -0.3 is 4.90 Å². The van der Waals surface area contributed by atoms with Crippen molar-refractivity contribution in [3.8, 4) is 0 Å². The van der Waals surface area contributed by atoms with Crippen LogP contribution in [0.3, 0.4) is 0 Å². The number of benzene rings is 2. The fraction of sp³-hybridized carbons (Fsp3) is 0.143. The van der Waals surface area contributed by atoms with Gasteiger partial charge in [-0.05, 0) is 48.5 Å². The molecule has 0 aliphatic rings. The van der Waals surface area contributed by atoms with Crippen LogP contribution in [0, 0.1) is 0 Å². The topological polar surface area (TPSA) is 82.3 Å². The van der Waals surface area contributed by atoms with Crippen LogP contribution in [0.4, 0.5) is 17.1 Å². The number of anilines is 1. The summed E-state index contributed by atoms with van der Waals surface area (Å²) in [6.45, 7) is 0. The Labute approximate surface area is 172 Å². The molecule has 0 aliphatic heterocycles. The molecule has 0 amide bonds. The Balaban J connectivity index is 0.00000242. The molecule has 0 saturated heterocycles. The van der Waals surface area contributed by atoms with E-state index in [2.05, 4.69) is 10.2 Å². The van der Waals surface area contributed by atoms with Crippen molar-refractivity contribution in [2.45, 2.75) is 4.90 Å². The summed E-state index contributed by atoms with van der Waals surface area (Å²) < 4.78 is 30.7. The second-order valence-electron chi connectivity index (χ2n) is 4.58. The minimum atomic E-state index is -4.18. The van der Waals surface area contributed by atoms with Crippen LogP contribution in [0.25, 0.3) is 0 Å². The van der Waals surface area contributed by atoms with Crippen LogP contribution >= 0.6 is 0 Å². The predicted octanol–water partition coefficient (Wildman–Crippen LogP) is 0.419. The van der Waals surface area contributed by atoms with Crippen molar-refractivity contribution in [1.82, 2.24) is 0 Å². The molecule has 110 valence electrons. The van der Waals surface area contributed by atoms with Crippen molar-refractivity contribution in [3.63, 3.8) is 0 Å². The van der Waals surface area contributed by atoms with Crippen molar-refractivity contribution in [1.29, 1.82) is 0 Å². The molecule has 0 unspecified atom stereocenters. The molecule has 0 radical (unpaired) electrons. The van der Waals surface area contributed by atoms with E-state index in [9.17, 15) is 8.42 Å². The minimum absolute atomic E-state index is 0. The Morgan fingerprint density at radius 2 is 1.27 bits per heavy atom. The molecular weight excluding hydrogens is 329 g/mol. The number of hydrogen-bond acceptors (Lipinski definition) is 5. The zero-order valence-corrected chi connectivity index (χ0v) is 16.6. The third-order valence-corrected chi connectivity index (χ3v) is 3.65. The maximum Gasteiger partial charge on any atom is 1.00 e. The largest absolute Gasteiger partial charge is 1.00 e. The molecule has 1 N–H and O–H groups in total. The molecule has 0 fully saturated rings. The van der Waals surface area contributed by atoms with E-state index < -0.39 is 10.1 Å². The molecule has 0 saturated carbocycles. The smallest absolute Gasteiger partial charge is 0.378 e. The van der Waals surface area contributed by atoms with Gasteiger partial charge in [-0.25, -0.2) is 0 Å². The van der Waals surface area contributed by atoms with Crippen LogP contribution in [0.1, 0.15) is 0 Å². The van der Waals surface area contributed by atoms with Gasteiger partial charge in [0.25, 0.3) is 10.1 Å². The van der Waals surface area contributed by atoms with Gasteiger partial charge >= 0.3 is 51.4 Å². The summed E-state index contributed by atoms with van der Waals surface area (Å²) in [5.41, 5.74) is 2.25. The number of rotatable bonds is 4. The average molecular weight is 344 g/mol. The Morgan fingerprint density at radius 3 is 1.64 bits per heavy atom. The Kier molecular flexibility index (Phi) is 7.33. The Bertz CT molecular complexity index is 742. The van der Waals surface area contributed by atoms with Crippen LogP contribution in [0.15, 0.2) is 63.7 Å². The molecule has 0 atom stereocenters. The second-order valence-corrected chi connectivity index (χ2v) is 6.00. The molecule has 22 heavy (non-hydrogen) atoms. The first-order valence-electron chi connectivity index (χ1n) is 6.13. The van der Waals surface area contributed by atoms with Gasteiger partial charge in [0.1, 0.15) is 0 Å². The summed E-state index contributed by atoms with van der Waals surface area (Å²) in [4.78, 5) is 1.81. The van der Waals surface area contributed by atoms with Crippen LogP contribution in [0.2, 0.25) is 0 Å². The Hall–Kier alpha value is -0.614. The Morgan fingerprint density at radius 1 is 0.864 bits per heavy atom. The third-order valence-electron chi connectivity index (χ3n) is 2.78. The van der Waals surface area contributed by atoms with Gasteiger partial charge in [-0.2, -0.15) is 18.6 Å². The minimum Gasteiger partial charge on any atom is -0.378 e. The molecule has 8 heteroatoms. The quantitative estimate of drug-likeness (QED) is 0.495. The van der Waals surface area contributed by atoms with E-state index in [4.69, 9.17) is 4.55 Å². The molecule has 0 aliphatic carbocycles. The van der Waals surface area contributed by atoms with Gasteiger partial charge in [0.15, 0.2) is 0 Å². The molecule has 0 aromatic heterocycles. The first kappa shape index (κ1) is 19.4. The molecule has 2 rings (SSSR count). The maximum atomic E-state index is 10.9. The summed E-state index contributed by atoms with van der Waals surface area (Å²) in [5.74, 6) is 0. The summed E-state index contributed by atoms with van der Waals surface area (Å²) in [6.07, 6.45) is 0. The van der Waals surface area contributed by atoms with E-state index in [1.54, 1.807) is 0 Å². The van der Waals surface area contributed by atoms with Gasteiger partial charge in [0.05, 0.1) is 16.3 Å². The predicted molar refractivity (Wildman–Crippen MR) is 81.2 cm³/mol. The van der Waals surface area contributed by atoms with Crippen LogP contribution < -0.4 is 56.3 Å². The van der Waals surface area contributed by atoms with Crippen molar-refractivity contribution < 1.29 is 64.4 Å². The summed E-state index contributed by atoms with van der Waals surface area (Å²) in [5, 5.41) is 8.07. The van der Waals surface area contributed by atoms with E-state index in [1.807, 2.05) is 43.3 Å². The first-order chi connectivity index (χ1) is 9.86. The SMILES string of the molecule is CN(C)c1ccc(N=Nc2ccc(S(=O)(=O)O)cc2)cc1.[K+]. The van der Waals surface area contributed by atoms with Gasteiger partial charge in [-0.15, -0.1) is 0 Å². The summed E-state index contributed by atoms with van der Waals surface area (Å²) in [7, 11) is -0.273. The van der Waals surface area contributed by atoms with E-state index in [1.165, 1.54) is 24.3 Å². The molecule has 2 aromatic rings. The number of hydrogen-bond donors (Lipinski definition) is 1. The van der Waals surface area contributed by atoms with Crippen LogP contribution in [-0.4, -0.2) is 27.1 Å². The fourth-order valence-electron chi connectivity index (χ4n) is 1.62. The molecule has 0 spiro atoms. The molecular formula is C14H15KN3O3S+. The zero-order valence-electron chi connectivity index (χ0n) is 12.6. The molecule has 6 nitrogen and oxygen atoms in total. The maximum absolute atomic E-state index is 10.9. The van der Waals surface area contributed by atoms with Crippen molar-refractivity contribution >= 4 is 27.2 Å². The first-order valence-corrected chi connectivity index (χ1v) is 7.57. The number of azo groups is 1. The van der Waals surface area contributed by atoms with Gasteiger partial charge in [0.2, 0.25) is 0 Å². The van der Waals surface area contributed by atoms with Gasteiger partial charge in [-0.1, -0.05) is 0 Å². The van der Waals surface area contributed by atoms with Gasteiger partial charge in [0, 0.05) is 19.8 Å². The third kappa shape index (κ3) is 5.54. The summed E-state index contributed by atoms with van der Waals surface area (Å²) in [6, 6.07) is 13.0. The monoisotopic (exact) mass is 344 g/mol. The van der Waals surface area contributed by atoms with Crippen LogP contribution in [0.5, 0.6) is 0 Å². The van der Waals surface area contributed by atoms with Crippen LogP contribution in [-0.2, 0) is 10.1 Å². The molecule has 2 aromatic carbocycles. The van der Waals surface area contributed by atoms with E-state index in [0.29, 0.717) is 11.4 Å². The van der Waals surface area contributed by atoms with Gasteiger partial charge in [-0.3, -0.25) is 4.55 Å². The van der Waals surface area contributed by atoms with E-state index in [0.717, 1.165) is 5.69 Å². The van der Waals surface area contributed by atoms with E-state index in [-0.39, 0.29) is 56.3 Å². The molecule has 0 heterocycles. The number of nitrogens with zero attached hydrogens (tertiary/aromatic N) is 3.